The van der Waals surface area contributed by atoms with E-state index in [0.717, 1.165) is 38.8 Å². The molecule has 1 aliphatic heterocycles. The van der Waals surface area contributed by atoms with E-state index in [1.807, 2.05) is 6.92 Å². The van der Waals surface area contributed by atoms with Crippen LogP contribution in [0.15, 0.2) is 0 Å². The summed E-state index contributed by atoms with van der Waals surface area (Å²) in [4.78, 5) is 0. The van der Waals surface area contributed by atoms with E-state index < -0.39 is 0 Å². The topological polar surface area (TPSA) is 32.3 Å². The molecule has 1 aliphatic rings. The van der Waals surface area contributed by atoms with Crippen molar-refractivity contribution in [3.63, 3.8) is 0 Å². The predicted octanol–water partition coefficient (Wildman–Crippen LogP) is 0.901. The van der Waals surface area contributed by atoms with Crippen molar-refractivity contribution in [1.82, 2.24) is 5.32 Å². The maximum atomic E-state index is 9.65. The normalized spacial score (nSPS) is 27.0. The summed E-state index contributed by atoms with van der Waals surface area (Å²) >= 11 is 0. The van der Waals surface area contributed by atoms with Gasteiger partial charge in [0.2, 0.25) is 0 Å². The number of aliphatic hydroxyl groups is 1. The molecule has 2 nitrogen and oxygen atoms in total. The summed E-state index contributed by atoms with van der Waals surface area (Å²) in [6.07, 6.45) is 4.10. The average molecular weight is 143 g/mol. The minimum atomic E-state index is -0.387. The molecule has 1 fully saturated rings. The van der Waals surface area contributed by atoms with E-state index in [1.54, 1.807) is 0 Å². The van der Waals surface area contributed by atoms with Crippen LogP contribution in [-0.2, 0) is 0 Å². The predicted molar refractivity (Wildman–Crippen MR) is 42.0 cm³/mol. The lowest BCUT2D eigenvalue weighted by Gasteiger charge is -2.25. The highest BCUT2D eigenvalue weighted by atomic mass is 16.3. The number of hydrogen-bond acceptors (Lipinski definition) is 2. The molecule has 1 saturated heterocycles. The van der Waals surface area contributed by atoms with Crippen LogP contribution in [0.1, 0.15) is 32.6 Å². The zero-order chi connectivity index (χ0) is 7.45. The highest BCUT2D eigenvalue weighted by molar-refractivity contribution is 4.75. The Morgan fingerprint density at radius 3 is 2.20 bits per heavy atom. The molecule has 1 heterocycles. The molecule has 1 rings (SSSR count). The van der Waals surface area contributed by atoms with Crippen LogP contribution in [0.2, 0.25) is 0 Å². The molecule has 0 aromatic heterocycles. The first kappa shape index (κ1) is 8.02. The van der Waals surface area contributed by atoms with Crippen LogP contribution in [0, 0.1) is 0 Å². The standard InChI is InChI=1S/C8H17NO/c1-8(10)4-2-6-9-7-3-5-8/h9-10H,2-7H2,1H3. The Hall–Kier alpha value is -0.0800. The van der Waals surface area contributed by atoms with Gasteiger partial charge in [-0.25, -0.2) is 0 Å². The lowest BCUT2D eigenvalue weighted by Crippen LogP contribution is -2.31. The Morgan fingerprint density at radius 1 is 1.20 bits per heavy atom. The molecule has 10 heavy (non-hydrogen) atoms. The molecule has 2 N–H and O–H groups in total. The van der Waals surface area contributed by atoms with Crippen molar-refractivity contribution >= 4 is 0 Å². The van der Waals surface area contributed by atoms with Crippen molar-refractivity contribution in [1.29, 1.82) is 0 Å². The van der Waals surface area contributed by atoms with E-state index >= 15 is 0 Å². The van der Waals surface area contributed by atoms with Gasteiger partial charge in [0.1, 0.15) is 0 Å². The summed E-state index contributed by atoms with van der Waals surface area (Å²) in [6.45, 7) is 4.07. The Labute approximate surface area is 62.6 Å². The summed E-state index contributed by atoms with van der Waals surface area (Å²) in [5.74, 6) is 0. The van der Waals surface area contributed by atoms with Gasteiger partial charge in [-0.2, -0.15) is 0 Å². The third-order valence-electron chi connectivity index (χ3n) is 2.14. The van der Waals surface area contributed by atoms with Crippen molar-refractivity contribution in [2.45, 2.75) is 38.2 Å². The first-order valence-electron chi connectivity index (χ1n) is 4.14. The fourth-order valence-corrected chi connectivity index (χ4v) is 1.44. The molecule has 0 bridgehead atoms. The van der Waals surface area contributed by atoms with Crippen molar-refractivity contribution in [3.8, 4) is 0 Å². The van der Waals surface area contributed by atoms with Gasteiger partial charge < -0.3 is 10.4 Å². The minimum absolute atomic E-state index is 0.387. The molecule has 0 aromatic carbocycles. The Kier molecular flexibility index (Phi) is 2.69. The van der Waals surface area contributed by atoms with E-state index in [0.29, 0.717) is 0 Å². The smallest absolute Gasteiger partial charge is 0.0620 e. The van der Waals surface area contributed by atoms with E-state index in [-0.39, 0.29) is 5.60 Å². The monoisotopic (exact) mass is 143 g/mol. The maximum absolute atomic E-state index is 9.65. The van der Waals surface area contributed by atoms with Gasteiger partial charge in [0, 0.05) is 0 Å². The first-order chi connectivity index (χ1) is 4.71. The molecule has 0 aromatic rings. The van der Waals surface area contributed by atoms with E-state index in [4.69, 9.17) is 0 Å². The number of nitrogens with one attached hydrogen (secondary N) is 1. The SMILES string of the molecule is CC1(O)CCCNCCC1. The van der Waals surface area contributed by atoms with Crippen molar-refractivity contribution in [2.75, 3.05) is 13.1 Å². The third-order valence-corrected chi connectivity index (χ3v) is 2.14. The van der Waals surface area contributed by atoms with Gasteiger partial charge in [0.05, 0.1) is 5.60 Å². The van der Waals surface area contributed by atoms with Gasteiger partial charge in [-0.05, 0) is 45.7 Å². The maximum Gasteiger partial charge on any atom is 0.0620 e. The molecule has 0 aliphatic carbocycles. The lowest BCUT2D eigenvalue weighted by atomic mass is 9.93. The summed E-state index contributed by atoms with van der Waals surface area (Å²) in [5, 5.41) is 13.0. The summed E-state index contributed by atoms with van der Waals surface area (Å²) in [7, 11) is 0. The molecule has 0 saturated carbocycles. The zero-order valence-corrected chi connectivity index (χ0v) is 6.69. The van der Waals surface area contributed by atoms with Gasteiger partial charge in [-0.1, -0.05) is 0 Å². The molecule has 0 radical (unpaired) electrons. The van der Waals surface area contributed by atoms with Crippen molar-refractivity contribution in [3.05, 3.63) is 0 Å². The van der Waals surface area contributed by atoms with Crippen LogP contribution >= 0.6 is 0 Å². The van der Waals surface area contributed by atoms with Crippen LogP contribution in [0.25, 0.3) is 0 Å². The molecular weight excluding hydrogens is 126 g/mol. The number of rotatable bonds is 0. The van der Waals surface area contributed by atoms with Gasteiger partial charge in [0.15, 0.2) is 0 Å². The summed E-state index contributed by atoms with van der Waals surface area (Å²) in [6, 6.07) is 0. The van der Waals surface area contributed by atoms with Gasteiger partial charge >= 0.3 is 0 Å². The molecule has 0 spiro atoms. The van der Waals surface area contributed by atoms with E-state index in [2.05, 4.69) is 5.32 Å². The number of hydrogen-bond donors (Lipinski definition) is 2. The second-order valence-corrected chi connectivity index (χ2v) is 3.45. The van der Waals surface area contributed by atoms with E-state index in [9.17, 15) is 5.11 Å². The van der Waals surface area contributed by atoms with Crippen LogP contribution in [0.5, 0.6) is 0 Å². The van der Waals surface area contributed by atoms with E-state index in [1.165, 1.54) is 0 Å². The van der Waals surface area contributed by atoms with Crippen molar-refractivity contribution < 1.29 is 5.11 Å². The quantitative estimate of drug-likeness (QED) is 0.528. The Balaban J connectivity index is 2.30. The second kappa shape index (κ2) is 3.35. The minimum Gasteiger partial charge on any atom is -0.390 e. The Morgan fingerprint density at radius 2 is 1.70 bits per heavy atom. The second-order valence-electron chi connectivity index (χ2n) is 3.45. The molecular formula is C8H17NO. The fraction of sp³-hybridized carbons (Fsp3) is 1.00. The summed E-state index contributed by atoms with van der Waals surface area (Å²) in [5.41, 5.74) is -0.387. The van der Waals surface area contributed by atoms with Crippen LogP contribution in [0.3, 0.4) is 0 Å². The lowest BCUT2D eigenvalue weighted by molar-refractivity contribution is 0.0346. The highest BCUT2D eigenvalue weighted by Crippen LogP contribution is 2.19. The highest BCUT2D eigenvalue weighted by Gasteiger charge is 2.19. The van der Waals surface area contributed by atoms with Gasteiger partial charge in [-0.15, -0.1) is 0 Å². The Bertz CT molecular complexity index is 91.4. The van der Waals surface area contributed by atoms with Crippen molar-refractivity contribution in [2.24, 2.45) is 0 Å². The molecule has 0 amide bonds. The van der Waals surface area contributed by atoms with Gasteiger partial charge in [-0.3, -0.25) is 0 Å². The summed E-state index contributed by atoms with van der Waals surface area (Å²) < 4.78 is 0. The van der Waals surface area contributed by atoms with Gasteiger partial charge in [0.25, 0.3) is 0 Å². The van der Waals surface area contributed by atoms with Crippen LogP contribution in [-0.4, -0.2) is 23.8 Å². The van der Waals surface area contributed by atoms with Crippen LogP contribution in [0.4, 0.5) is 0 Å². The molecule has 0 atom stereocenters. The van der Waals surface area contributed by atoms with Crippen LogP contribution < -0.4 is 5.32 Å². The average Bonchev–Trinajstić information content (AvgIpc) is 1.81. The fourth-order valence-electron chi connectivity index (χ4n) is 1.44. The first-order valence-corrected chi connectivity index (χ1v) is 4.14. The zero-order valence-electron chi connectivity index (χ0n) is 6.69. The molecule has 0 unspecified atom stereocenters. The molecule has 60 valence electrons. The molecule has 2 heteroatoms. The largest absolute Gasteiger partial charge is 0.390 e. The third kappa shape index (κ3) is 2.67.